The Morgan fingerprint density at radius 3 is 2.52 bits per heavy atom. The van der Waals surface area contributed by atoms with Gasteiger partial charge in [-0.1, -0.05) is 35.3 Å². The Labute approximate surface area is 148 Å². The van der Waals surface area contributed by atoms with Gasteiger partial charge in [-0.25, -0.2) is 9.79 Å². The highest BCUT2D eigenvalue weighted by atomic mass is 35.5. The highest BCUT2D eigenvalue weighted by Crippen LogP contribution is 2.26. The third kappa shape index (κ3) is 3.61. The first-order chi connectivity index (χ1) is 11.1. The van der Waals surface area contributed by atoms with Crippen LogP contribution in [0.25, 0.3) is 6.08 Å². The van der Waals surface area contributed by atoms with E-state index >= 15 is 0 Å². The van der Waals surface area contributed by atoms with E-state index in [4.69, 9.17) is 27.9 Å². The van der Waals surface area contributed by atoms with Gasteiger partial charge in [0.05, 0.1) is 10.6 Å². The Bertz CT molecular complexity index is 829. The molecule has 1 aliphatic heterocycles. The summed E-state index contributed by atoms with van der Waals surface area (Å²) in [6, 6.07) is 12.7. The molecule has 6 heteroatoms. The van der Waals surface area contributed by atoms with Crippen molar-refractivity contribution in [2.24, 2.45) is 4.99 Å². The third-order valence-electron chi connectivity index (χ3n) is 3.20. The minimum Gasteiger partial charge on any atom is -0.402 e. The molecule has 1 heterocycles. The Kier molecular flexibility index (Phi) is 4.76. The maximum Gasteiger partial charge on any atom is 0.363 e. The van der Waals surface area contributed by atoms with Gasteiger partial charge in [-0.15, -0.1) is 11.8 Å². The second-order valence-electron chi connectivity index (χ2n) is 4.73. The van der Waals surface area contributed by atoms with Gasteiger partial charge in [0.2, 0.25) is 5.90 Å². The lowest BCUT2D eigenvalue weighted by atomic mass is 10.2. The van der Waals surface area contributed by atoms with Crippen LogP contribution in [0.15, 0.2) is 58.0 Å². The fourth-order valence-corrected chi connectivity index (χ4v) is 2.94. The third-order valence-corrected chi connectivity index (χ3v) is 4.49. The second-order valence-corrected chi connectivity index (χ2v) is 6.46. The first kappa shape index (κ1) is 16.1. The van der Waals surface area contributed by atoms with Crippen LogP contribution in [-0.4, -0.2) is 18.1 Å². The molecule has 0 saturated carbocycles. The number of nitrogens with zero attached hydrogens (tertiary/aromatic N) is 1. The lowest BCUT2D eigenvalue weighted by molar-refractivity contribution is -0.129. The molecule has 2 aromatic rings. The molecule has 3 nitrogen and oxygen atoms in total. The summed E-state index contributed by atoms with van der Waals surface area (Å²) in [5, 5.41) is 0.892. The molecule has 1 aliphatic rings. The topological polar surface area (TPSA) is 38.7 Å². The Morgan fingerprint density at radius 2 is 1.87 bits per heavy atom. The molecule has 0 bridgehead atoms. The number of halogens is 2. The van der Waals surface area contributed by atoms with Gasteiger partial charge in [-0.2, -0.15) is 0 Å². The summed E-state index contributed by atoms with van der Waals surface area (Å²) in [5.74, 6) is -0.316. The highest BCUT2D eigenvalue weighted by Gasteiger charge is 2.25. The van der Waals surface area contributed by atoms with Crippen LogP contribution >= 0.6 is 35.0 Å². The first-order valence-corrected chi connectivity index (χ1v) is 8.67. The summed E-state index contributed by atoms with van der Waals surface area (Å²) in [5.41, 5.74) is 1.65. The maximum atomic E-state index is 12.0. The zero-order valence-corrected chi connectivity index (χ0v) is 14.4. The van der Waals surface area contributed by atoms with Crippen LogP contribution in [0.1, 0.15) is 11.1 Å². The van der Waals surface area contributed by atoms with Gasteiger partial charge >= 0.3 is 5.97 Å². The van der Waals surface area contributed by atoms with Gasteiger partial charge in [0, 0.05) is 9.92 Å². The number of benzene rings is 2. The van der Waals surface area contributed by atoms with Gasteiger partial charge < -0.3 is 4.74 Å². The molecule has 0 aliphatic carbocycles. The fraction of sp³-hybridized carbons (Fsp3) is 0.0588. The van der Waals surface area contributed by atoms with Crippen molar-refractivity contribution in [1.82, 2.24) is 0 Å². The van der Waals surface area contributed by atoms with Crippen LogP contribution in [0, 0.1) is 0 Å². The maximum absolute atomic E-state index is 12.0. The van der Waals surface area contributed by atoms with Crippen LogP contribution in [0.5, 0.6) is 0 Å². The van der Waals surface area contributed by atoms with Crippen LogP contribution in [-0.2, 0) is 9.53 Å². The summed E-state index contributed by atoms with van der Waals surface area (Å²) in [7, 11) is 0. The molecule has 0 radical (unpaired) electrons. The van der Waals surface area contributed by atoms with Gasteiger partial charge in [0.15, 0.2) is 5.70 Å². The van der Waals surface area contributed by atoms with Crippen LogP contribution in [0.3, 0.4) is 0 Å². The van der Waals surface area contributed by atoms with Crippen molar-refractivity contribution < 1.29 is 9.53 Å². The number of carbonyl (C=O) groups is 1. The number of hydrogen-bond acceptors (Lipinski definition) is 4. The molecule has 0 atom stereocenters. The van der Waals surface area contributed by atoms with Crippen LogP contribution in [0.4, 0.5) is 0 Å². The smallest absolute Gasteiger partial charge is 0.363 e. The van der Waals surface area contributed by atoms with Crippen LogP contribution in [0.2, 0.25) is 10.0 Å². The van der Waals surface area contributed by atoms with Crippen molar-refractivity contribution >= 4 is 52.9 Å². The molecule has 0 saturated heterocycles. The molecule has 0 aromatic heterocycles. The van der Waals surface area contributed by atoms with E-state index in [0.717, 1.165) is 10.5 Å². The normalized spacial score (nSPS) is 15.7. The standard InChI is InChI=1S/C17H11Cl2NO2S/c1-23-12-5-2-10(3-6-12)8-15-17(21)22-16(20-15)13-7-4-11(18)9-14(13)19/h2-9H,1H3/b15-8-. The van der Waals surface area contributed by atoms with Crippen molar-refractivity contribution in [1.29, 1.82) is 0 Å². The van der Waals surface area contributed by atoms with Crippen molar-refractivity contribution in [2.45, 2.75) is 4.90 Å². The molecule has 0 spiro atoms. The van der Waals surface area contributed by atoms with Gasteiger partial charge in [-0.3, -0.25) is 0 Å². The summed E-state index contributed by atoms with van der Waals surface area (Å²) >= 11 is 13.6. The largest absolute Gasteiger partial charge is 0.402 e. The molecule has 0 unspecified atom stereocenters. The Balaban J connectivity index is 1.92. The molecular weight excluding hydrogens is 353 g/mol. The van der Waals surface area contributed by atoms with Crippen molar-refractivity contribution in [3.8, 4) is 0 Å². The highest BCUT2D eigenvalue weighted by molar-refractivity contribution is 7.98. The number of cyclic esters (lactones) is 1. The fourth-order valence-electron chi connectivity index (χ4n) is 2.05. The summed E-state index contributed by atoms with van der Waals surface area (Å²) in [4.78, 5) is 17.4. The molecule has 3 rings (SSSR count). The summed E-state index contributed by atoms with van der Waals surface area (Å²) < 4.78 is 5.21. The zero-order chi connectivity index (χ0) is 16.4. The van der Waals surface area contributed by atoms with Crippen molar-refractivity contribution in [3.05, 3.63) is 69.3 Å². The number of aliphatic imine (C=N–C) groups is 1. The number of thioether (sulfide) groups is 1. The SMILES string of the molecule is CSc1ccc(/C=C2\N=C(c3ccc(Cl)cc3Cl)OC2=O)cc1. The zero-order valence-electron chi connectivity index (χ0n) is 12.0. The van der Waals surface area contributed by atoms with Gasteiger partial charge in [0.25, 0.3) is 0 Å². The molecule has 0 fully saturated rings. The molecule has 0 N–H and O–H groups in total. The van der Waals surface area contributed by atoms with Gasteiger partial charge in [-0.05, 0) is 48.2 Å². The van der Waals surface area contributed by atoms with E-state index in [-0.39, 0.29) is 11.6 Å². The van der Waals surface area contributed by atoms with E-state index in [1.54, 1.807) is 36.0 Å². The number of carbonyl (C=O) groups excluding carboxylic acids is 1. The monoisotopic (exact) mass is 363 g/mol. The van der Waals surface area contributed by atoms with E-state index in [2.05, 4.69) is 4.99 Å². The average Bonchev–Trinajstić information content (AvgIpc) is 2.88. The molecule has 23 heavy (non-hydrogen) atoms. The molecule has 116 valence electrons. The predicted molar refractivity (Wildman–Crippen MR) is 95.3 cm³/mol. The molecule has 2 aromatic carbocycles. The lowest BCUT2D eigenvalue weighted by Crippen LogP contribution is -2.05. The second kappa shape index (κ2) is 6.79. The summed E-state index contributed by atoms with van der Waals surface area (Å²) in [6.07, 6.45) is 3.69. The van der Waals surface area contributed by atoms with E-state index in [9.17, 15) is 4.79 Å². The first-order valence-electron chi connectivity index (χ1n) is 6.69. The van der Waals surface area contributed by atoms with E-state index < -0.39 is 5.97 Å². The number of hydrogen-bond donors (Lipinski definition) is 0. The predicted octanol–water partition coefficient (Wildman–Crippen LogP) is 5.06. The minimum absolute atomic E-state index is 0.184. The quantitative estimate of drug-likeness (QED) is 0.434. The van der Waals surface area contributed by atoms with Crippen molar-refractivity contribution in [2.75, 3.05) is 6.26 Å². The molecular formula is C17H11Cl2NO2S. The van der Waals surface area contributed by atoms with E-state index in [1.807, 2.05) is 30.5 Å². The average molecular weight is 364 g/mol. The van der Waals surface area contributed by atoms with E-state index in [0.29, 0.717) is 15.6 Å². The number of ether oxygens (including phenoxy) is 1. The Hall–Kier alpha value is -1.75. The van der Waals surface area contributed by atoms with Crippen LogP contribution < -0.4 is 0 Å². The van der Waals surface area contributed by atoms with Gasteiger partial charge in [0.1, 0.15) is 0 Å². The lowest BCUT2D eigenvalue weighted by Gasteiger charge is -2.02. The van der Waals surface area contributed by atoms with Crippen molar-refractivity contribution in [3.63, 3.8) is 0 Å². The summed E-state index contributed by atoms with van der Waals surface area (Å²) in [6.45, 7) is 0. The number of rotatable bonds is 3. The minimum atomic E-state index is -0.500. The van der Waals surface area contributed by atoms with E-state index in [1.165, 1.54) is 0 Å². The number of esters is 1. The molecule has 0 amide bonds. The Morgan fingerprint density at radius 1 is 1.13 bits per heavy atom.